The summed E-state index contributed by atoms with van der Waals surface area (Å²) in [7, 11) is -1.95. The van der Waals surface area contributed by atoms with Gasteiger partial charge in [0.25, 0.3) is 5.56 Å². The van der Waals surface area contributed by atoms with Crippen molar-refractivity contribution < 1.29 is 9.16 Å². The van der Waals surface area contributed by atoms with Crippen LogP contribution in [0.2, 0.25) is 18.1 Å². The summed E-state index contributed by atoms with van der Waals surface area (Å²) in [4.78, 5) is 15.8. The molecule has 0 spiro atoms. The maximum atomic E-state index is 11.6. The van der Waals surface area contributed by atoms with Gasteiger partial charge in [0.2, 0.25) is 0 Å². The molecule has 0 aliphatic carbocycles. The smallest absolute Gasteiger partial charge is 0.273 e. The highest BCUT2D eigenvalue weighted by molar-refractivity contribution is 7.98. The fourth-order valence-corrected chi connectivity index (χ4v) is 4.89. The fourth-order valence-electron chi connectivity index (χ4n) is 2.97. The molecule has 1 aliphatic heterocycles. The lowest BCUT2D eigenvalue weighted by Gasteiger charge is -2.40. The highest BCUT2D eigenvalue weighted by Gasteiger charge is 2.48. The van der Waals surface area contributed by atoms with Crippen LogP contribution in [0.15, 0.2) is 22.2 Å². The molecule has 1 aromatic heterocycles. The minimum absolute atomic E-state index is 0.0407. The lowest BCUT2D eigenvalue weighted by molar-refractivity contribution is -0.0404. The number of aromatic nitrogens is 2. The Labute approximate surface area is 156 Å². The van der Waals surface area contributed by atoms with Gasteiger partial charge < -0.3 is 9.16 Å². The van der Waals surface area contributed by atoms with Gasteiger partial charge in [-0.05, 0) is 30.8 Å². The standard InChI is InChI=1S/C18H32N2O3SSi/c1-9-13-12(2)15(23-25(7,8)18(3,4)5)16(22-13)20-11-10-14(21)19-17(20)24-6/h10-13,15-16H,9H2,1-8H3/t12-,13+,15?,16+/m0/s1. The molecule has 1 unspecified atom stereocenters. The first-order valence-electron chi connectivity index (χ1n) is 8.98. The molecule has 1 fully saturated rings. The summed E-state index contributed by atoms with van der Waals surface area (Å²) in [5, 5.41) is 0.802. The molecule has 0 saturated carbocycles. The molecule has 0 bridgehead atoms. The molecule has 5 nitrogen and oxygen atoms in total. The van der Waals surface area contributed by atoms with Gasteiger partial charge in [-0.1, -0.05) is 46.4 Å². The van der Waals surface area contributed by atoms with Crippen molar-refractivity contribution in [2.24, 2.45) is 5.92 Å². The largest absolute Gasteiger partial charge is 0.409 e. The number of rotatable bonds is 5. The minimum atomic E-state index is -1.95. The van der Waals surface area contributed by atoms with Crippen LogP contribution in [0.5, 0.6) is 0 Å². The molecule has 1 aromatic rings. The van der Waals surface area contributed by atoms with Gasteiger partial charge in [0, 0.05) is 18.2 Å². The molecule has 2 rings (SSSR count). The predicted octanol–water partition coefficient (Wildman–Crippen LogP) is 4.30. The molecule has 2 heterocycles. The van der Waals surface area contributed by atoms with Crippen molar-refractivity contribution in [2.45, 2.75) is 82.8 Å². The van der Waals surface area contributed by atoms with E-state index >= 15 is 0 Å². The van der Waals surface area contributed by atoms with Gasteiger partial charge in [0.15, 0.2) is 19.7 Å². The van der Waals surface area contributed by atoms with Gasteiger partial charge >= 0.3 is 0 Å². The van der Waals surface area contributed by atoms with Crippen molar-refractivity contribution in [1.82, 2.24) is 9.55 Å². The highest BCUT2D eigenvalue weighted by Crippen LogP contribution is 2.44. The Bertz CT molecular complexity index is 656. The maximum absolute atomic E-state index is 11.6. The van der Waals surface area contributed by atoms with Gasteiger partial charge in [0.1, 0.15) is 0 Å². The lowest BCUT2D eigenvalue weighted by atomic mass is 9.99. The van der Waals surface area contributed by atoms with Crippen molar-refractivity contribution in [3.05, 3.63) is 22.6 Å². The van der Waals surface area contributed by atoms with E-state index in [2.05, 4.69) is 52.7 Å². The normalized spacial score (nSPS) is 27.7. The zero-order valence-electron chi connectivity index (χ0n) is 16.7. The van der Waals surface area contributed by atoms with E-state index in [0.29, 0.717) is 11.1 Å². The van der Waals surface area contributed by atoms with Crippen LogP contribution in [0.25, 0.3) is 0 Å². The van der Waals surface area contributed by atoms with Gasteiger partial charge in [-0.25, -0.2) is 0 Å². The molecule has 1 aliphatic rings. The summed E-state index contributed by atoms with van der Waals surface area (Å²) in [5.41, 5.74) is -0.222. The van der Waals surface area contributed by atoms with Crippen LogP contribution in [0.4, 0.5) is 0 Å². The third-order valence-corrected chi connectivity index (χ3v) is 10.7. The number of hydrogen-bond acceptors (Lipinski definition) is 5. The zero-order valence-corrected chi connectivity index (χ0v) is 18.5. The highest BCUT2D eigenvalue weighted by atomic mass is 32.2. The van der Waals surface area contributed by atoms with Crippen LogP contribution in [-0.4, -0.2) is 36.3 Å². The number of ether oxygens (including phenoxy) is 1. The number of nitrogens with zero attached hydrogens (tertiary/aromatic N) is 2. The van der Waals surface area contributed by atoms with Crippen LogP contribution >= 0.6 is 11.8 Å². The fraction of sp³-hybridized carbons (Fsp3) is 0.778. The van der Waals surface area contributed by atoms with Gasteiger partial charge in [-0.2, -0.15) is 4.98 Å². The maximum Gasteiger partial charge on any atom is 0.273 e. The first-order chi connectivity index (χ1) is 11.5. The van der Waals surface area contributed by atoms with E-state index in [-0.39, 0.29) is 29.0 Å². The predicted molar refractivity (Wildman–Crippen MR) is 106 cm³/mol. The topological polar surface area (TPSA) is 53.4 Å². The van der Waals surface area contributed by atoms with E-state index in [0.717, 1.165) is 6.42 Å². The van der Waals surface area contributed by atoms with E-state index in [1.165, 1.54) is 17.8 Å². The minimum Gasteiger partial charge on any atom is -0.409 e. The van der Waals surface area contributed by atoms with Crippen LogP contribution in [0, 0.1) is 5.92 Å². The summed E-state index contributed by atoms with van der Waals surface area (Å²) in [6.07, 6.45) is 4.52. The van der Waals surface area contributed by atoms with E-state index < -0.39 is 8.32 Å². The second kappa shape index (κ2) is 7.54. The Morgan fingerprint density at radius 3 is 2.56 bits per heavy atom. The molecule has 4 atom stereocenters. The SMILES string of the molecule is CC[C@H]1O[C@@H](n2ccc(=O)nc2SC)C(O[Si](C)(C)C(C)(C)C)[C@H]1C. The van der Waals surface area contributed by atoms with Crippen LogP contribution in [-0.2, 0) is 9.16 Å². The molecular formula is C18H32N2O3SSi. The van der Waals surface area contributed by atoms with Gasteiger partial charge in [-0.15, -0.1) is 0 Å². The Morgan fingerprint density at radius 2 is 2.04 bits per heavy atom. The molecule has 0 aromatic carbocycles. The quantitative estimate of drug-likeness (QED) is 0.430. The molecule has 25 heavy (non-hydrogen) atoms. The average molecular weight is 385 g/mol. The van der Waals surface area contributed by atoms with E-state index in [1.54, 1.807) is 6.20 Å². The Kier molecular flexibility index (Phi) is 6.24. The molecular weight excluding hydrogens is 352 g/mol. The van der Waals surface area contributed by atoms with E-state index in [1.807, 2.05) is 10.8 Å². The summed E-state index contributed by atoms with van der Waals surface area (Å²) in [5.74, 6) is 0.290. The molecule has 142 valence electrons. The van der Waals surface area contributed by atoms with Crippen molar-refractivity contribution in [3.63, 3.8) is 0 Å². The van der Waals surface area contributed by atoms with Crippen LogP contribution in [0.1, 0.15) is 47.3 Å². The second-order valence-electron chi connectivity index (χ2n) is 8.33. The van der Waals surface area contributed by atoms with Crippen molar-refractivity contribution >= 4 is 20.1 Å². The summed E-state index contributed by atoms with van der Waals surface area (Å²) >= 11 is 1.46. The van der Waals surface area contributed by atoms with Crippen molar-refractivity contribution in [3.8, 4) is 0 Å². The first kappa shape index (κ1) is 20.7. The summed E-state index contributed by atoms with van der Waals surface area (Å²) in [6.45, 7) is 15.7. The zero-order chi connectivity index (χ0) is 19.0. The molecule has 0 amide bonds. The van der Waals surface area contributed by atoms with Crippen LogP contribution < -0.4 is 5.56 Å². The first-order valence-corrected chi connectivity index (χ1v) is 13.1. The Balaban J connectivity index is 2.42. The molecule has 1 saturated heterocycles. The van der Waals surface area contributed by atoms with Crippen molar-refractivity contribution in [2.75, 3.05) is 6.26 Å². The number of thioether (sulfide) groups is 1. The van der Waals surface area contributed by atoms with Crippen molar-refractivity contribution in [1.29, 1.82) is 0 Å². The van der Waals surface area contributed by atoms with Crippen LogP contribution in [0.3, 0.4) is 0 Å². The second-order valence-corrected chi connectivity index (χ2v) is 13.9. The Hall–Kier alpha value is -0.633. The molecule has 0 radical (unpaired) electrons. The average Bonchev–Trinajstić information content (AvgIpc) is 2.82. The summed E-state index contributed by atoms with van der Waals surface area (Å²) in [6, 6.07) is 1.50. The van der Waals surface area contributed by atoms with E-state index in [4.69, 9.17) is 9.16 Å². The lowest BCUT2D eigenvalue weighted by Crippen LogP contribution is -2.47. The summed E-state index contributed by atoms with van der Waals surface area (Å²) < 4.78 is 15.1. The Morgan fingerprint density at radius 1 is 1.40 bits per heavy atom. The van der Waals surface area contributed by atoms with Gasteiger partial charge in [0.05, 0.1) is 12.2 Å². The van der Waals surface area contributed by atoms with Gasteiger partial charge in [-0.3, -0.25) is 9.36 Å². The molecule has 7 heteroatoms. The molecule has 0 N–H and O–H groups in total. The third kappa shape index (κ3) is 4.21. The number of hydrogen-bond donors (Lipinski definition) is 0. The van der Waals surface area contributed by atoms with E-state index in [9.17, 15) is 4.79 Å². The monoisotopic (exact) mass is 384 g/mol. The third-order valence-electron chi connectivity index (χ3n) is 5.60.